The fourth-order valence-corrected chi connectivity index (χ4v) is 7.46. The Morgan fingerprint density at radius 3 is 1.93 bits per heavy atom. The SMILES string of the molecule is C[C@H](N)C(=O)CCc1cc(Cl)ccc1-n1cnnn1.C[C@H](NC(=O)[C@@H]1CC[C@@H](Cc2ccc(-c3cccnc3)cc2)C1)C(=O)CCc1cc(Cl)ccc1-n1cnnn1. The van der Waals surface area contributed by atoms with Crippen LogP contribution in [0.4, 0.5) is 0 Å². The number of hydrogen-bond donors (Lipinski definition) is 2. The van der Waals surface area contributed by atoms with Gasteiger partial charge in [0.25, 0.3) is 0 Å². The van der Waals surface area contributed by atoms with Crippen LogP contribution in [0.3, 0.4) is 0 Å². The molecule has 14 nitrogen and oxygen atoms in total. The first kappa shape index (κ1) is 41.9. The molecular weight excluding hydrogens is 777 g/mol. The fourth-order valence-electron chi connectivity index (χ4n) is 7.07. The fraction of sp³-hybridized carbons (Fsp3) is 0.333. The monoisotopic (exact) mass is 821 g/mol. The molecule has 6 aromatic rings. The van der Waals surface area contributed by atoms with Crippen LogP contribution in [0.5, 0.6) is 0 Å². The normalized spacial score (nSPS) is 15.9. The minimum atomic E-state index is -0.549. The van der Waals surface area contributed by atoms with Crippen molar-refractivity contribution in [3.05, 3.63) is 125 Å². The van der Waals surface area contributed by atoms with Gasteiger partial charge in [-0.2, -0.15) is 0 Å². The van der Waals surface area contributed by atoms with E-state index in [2.05, 4.69) is 71.7 Å². The Bertz CT molecular complexity index is 2270. The molecule has 3 heterocycles. The quantitative estimate of drug-likeness (QED) is 0.120. The number of aromatic nitrogens is 9. The number of benzene rings is 3. The summed E-state index contributed by atoms with van der Waals surface area (Å²) < 4.78 is 3.09. The van der Waals surface area contributed by atoms with Crippen LogP contribution < -0.4 is 11.1 Å². The molecule has 58 heavy (non-hydrogen) atoms. The van der Waals surface area contributed by atoms with Crippen LogP contribution in [-0.4, -0.2) is 75.0 Å². The number of nitrogens with zero attached hydrogens (tertiary/aromatic N) is 9. The summed E-state index contributed by atoms with van der Waals surface area (Å²) in [6.45, 7) is 3.44. The van der Waals surface area contributed by atoms with Crippen molar-refractivity contribution < 1.29 is 14.4 Å². The third-order valence-electron chi connectivity index (χ3n) is 10.3. The standard InChI is InChI=1S/C30H31ClN6O2.C12H14ClN5O/c1-20(29(38)13-10-24-17-27(31)11-12-28(24)37-19-33-35-36-37)34-30(39)25-9-6-22(16-25)15-21-4-7-23(8-5-21)26-3-2-14-32-18-26;1-8(14)12(19)5-2-9-6-10(13)3-4-11(9)18-7-15-16-17-18/h2-5,7-8,11-12,14,17-20,22,25H,6,9-10,13,15-16H2,1H3,(H,34,39);3-4,6-8H,2,5,14H2,1H3/t20-,22-,25+;8-/m00/s1. The van der Waals surface area contributed by atoms with Crippen molar-refractivity contribution in [1.82, 2.24) is 50.7 Å². The third-order valence-corrected chi connectivity index (χ3v) is 10.8. The highest BCUT2D eigenvalue weighted by Gasteiger charge is 2.31. The van der Waals surface area contributed by atoms with Crippen LogP contribution in [-0.2, 0) is 33.6 Å². The summed E-state index contributed by atoms with van der Waals surface area (Å²) in [7, 11) is 0. The minimum absolute atomic E-state index is 0.0163. The molecule has 0 spiro atoms. The zero-order valence-electron chi connectivity index (χ0n) is 32.3. The van der Waals surface area contributed by atoms with Crippen molar-refractivity contribution in [2.24, 2.45) is 17.6 Å². The van der Waals surface area contributed by atoms with Crippen molar-refractivity contribution in [1.29, 1.82) is 0 Å². The highest BCUT2D eigenvalue weighted by Crippen LogP contribution is 2.34. The molecule has 3 aromatic carbocycles. The number of nitrogens with two attached hydrogens (primary N) is 1. The molecule has 300 valence electrons. The largest absolute Gasteiger partial charge is 0.346 e. The number of ketones is 2. The predicted molar refractivity (Wildman–Crippen MR) is 220 cm³/mol. The van der Waals surface area contributed by atoms with Crippen LogP contribution in [0.1, 0.15) is 62.6 Å². The summed E-state index contributed by atoms with van der Waals surface area (Å²) >= 11 is 12.2. The maximum atomic E-state index is 13.0. The van der Waals surface area contributed by atoms with Gasteiger partial charge in [0.2, 0.25) is 5.91 Å². The Kier molecular flexibility index (Phi) is 14.5. The van der Waals surface area contributed by atoms with Crippen LogP contribution in [0.15, 0.2) is 97.8 Å². The number of hydrogen-bond acceptors (Lipinski definition) is 11. The van der Waals surface area contributed by atoms with Crippen molar-refractivity contribution in [2.75, 3.05) is 0 Å². The first-order valence-electron chi connectivity index (χ1n) is 19.2. The molecule has 7 rings (SSSR count). The number of carbonyl (C=O) groups is 3. The first-order valence-corrected chi connectivity index (χ1v) is 19.9. The second kappa shape index (κ2) is 20.1. The maximum absolute atomic E-state index is 13.0. The van der Waals surface area contributed by atoms with Crippen LogP contribution in [0.2, 0.25) is 10.0 Å². The molecule has 0 unspecified atom stereocenters. The molecule has 3 aromatic heterocycles. The summed E-state index contributed by atoms with van der Waals surface area (Å²) in [5, 5.41) is 26.5. The molecule has 0 saturated heterocycles. The Labute approximate surface area is 346 Å². The number of pyridine rings is 1. The number of rotatable bonds is 15. The summed E-state index contributed by atoms with van der Waals surface area (Å²) in [4.78, 5) is 41.6. The van der Waals surface area contributed by atoms with Gasteiger partial charge in [-0.05, 0) is 149 Å². The van der Waals surface area contributed by atoms with E-state index in [9.17, 15) is 14.4 Å². The van der Waals surface area contributed by atoms with Gasteiger partial charge < -0.3 is 11.1 Å². The van der Waals surface area contributed by atoms with Crippen molar-refractivity contribution >= 4 is 40.7 Å². The van der Waals surface area contributed by atoms with Gasteiger partial charge in [0, 0.05) is 41.2 Å². The number of nitrogens with one attached hydrogen (secondary N) is 1. The van der Waals surface area contributed by atoms with Crippen molar-refractivity contribution in [3.63, 3.8) is 0 Å². The molecular formula is C42H45Cl2N11O3. The topological polar surface area (TPSA) is 189 Å². The van der Waals surface area contributed by atoms with Gasteiger partial charge in [0.15, 0.2) is 5.78 Å². The number of halogens is 2. The summed E-state index contributed by atoms with van der Waals surface area (Å²) in [5.41, 5.74) is 12.4. The summed E-state index contributed by atoms with van der Waals surface area (Å²) in [6, 6.07) is 22.4. The Balaban J connectivity index is 0.000000250. The molecule has 0 bridgehead atoms. The van der Waals surface area contributed by atoms with Gasteiger partial charge in [-0.25, -0.2) is 9.36 Å². The van der Waals surface area contributed by atoms with E-state index in [0.29, 0.717) is 35.2 Å². The smallest absolute Gasteiger partial charge is 0.223 e. The molecule has 0 radical (unpaired) electrons. The van der Waals surface area contributed by atoms with E-state index in [1.807, 2.05) is 36.5 Å². The third kappa shape index (κ3) is 11.5. The number of tetrazole rings is 2. The van der Waals surface area contributed by atoms with Gasteiger partial charge in [-0.15, -0.1) is 10.2 Å². The lowest BCUT2D eigenvalue weighted by atomic mass is 9.95. The average molecular weight is 823 g/mol. The van der Waals surface area contributed by atoms with E-state index in [1.54, 1.807) is 41.5 Å². The van der Waals surface area contributed by atoms with E-state index < -0.39 is 12.1 Å². The zero-order chi connectivity index (χ0) is 41.0. The lowest BCUT2D eigenvalue weighted by molar-refractivity contribution is -0.129. The zero-order valence-corrected chi connectivity index (χ0v) is 33.8. The molecule has 1 fully saturated rings. The van der Waals surface area contributed by atoms with Gasteiger partial charge in [0.1, 0.15) is 18.4 Å². The van der Waals surface area contributed by atoms with Gasteiger partial charge in [0.05, 0.1) is 23.5 Å². The van der Waals surface area contributed by atoms with Gasteiger partial charge in [-0.3, -0.25) is 19.4 Å². The van der Waals surface area contributed by atoms with E-state index in [1.165, 1.54) is 18.2 Å². The van der Waals surface area contributed by atoms with Crippen molar-refractivity contribution in [2.45, 2.75) is 77.3 Å². The number of aryl methyl sites for hydroxylation is 2. The van der Waals surface area contributed by atoms with Gasteiger partial charge in [-0.1, -0.05) is 53.5 Å². The molecule has 1 saturated carbocycles. The molecule has 1 aliphatic rings. The highest BCUT2D eigenvalue weighted by atomic mass is 35.5. The van der Waals surface area contributed by atoms with E-state index in [4.69, 9.17) is 28.9 Å². The molecule has 1 aliphatic carbocycles. The van der Waals surface area contributed by atoms with E-state index in [0.717, 1.165) is 59.3 Å². The number of carbonyl (C=O) groups excluding carboxylic acids is 3. The lowest BCUT2D eigenvalue weighted by Crippen LogP contribution is -2.41. The Hall–Kier alpha value is -5.70. The van der Waals surface area contributed by atoms with Gasteiger partial charge >= 0.3 is 0 Å². The molecule has 4 atom stereocenters. The first-order chi connectivity index (χ1) is 28.0. The van der Waals surface area contributed by atoms with Crippen LogP contribution in [0, 0.1) is 11.8 Å². The summed E-state index contributed by atoms with van der Waals surface area (Å²) in [5.74, 6) is 0.377. The predicted octanol–water partition coefficient (Wildman–Crippen LogP) is 6.21. The second-order valence-corrected chi connectivity index (χ2v) is 15.4. The average Bonchev–Trinajstić information content (AvgIpc) is 4.05. The molecule has 16 heteroatoms. The highest BCUT2D eigenvalue weighted by molar-refractivity contribution is 6.31. The van der Waals surface area contributed by atoms with Crippen molar-refractivity contribution in [3.8, 4) is 22.5 Å². The lowest BCUT2D eigenvalue weighted by Gasteiger charge is -2.17. The van der Waals surface area contributed by atoms with E-state index >= 15 is 0 Å². The number of Topliss-reactive ketones (excluding diaryl/α,β-unsaturated/α-hetero) is 2. The molecule has 0 aliphatic heterocycles. The molecule has 3 N–H and O–H groups in total. The van der Waals surface area contributed by atoms with E-state index in [-0.39, 0.29) is 29.8 Å². The minimum Gasteiger partial charge on any atom is -0.346 e. The summed E-state index contributed by atoms with van der Waals surface area (Å²) in [6.07, 6.45) is 12.0. The second-order valence-electron chi connectivity index (χ2n) is 14.5. The maximum Gasteiger partial charge on any atom is 0.223 e. The van der Waals surface area contributed by atoms with Crippen LogP contribution >= 0.6 is 23.2 Å². The van der Waals surface area contributed by atoms with Crippen LogP contribution in [0.25, 0.3) is 22.5 Å². The number of amides is 1. The molecule has 1 amide bonds. The Morgan fingerprint density at radius 1 is 0.793 bits per heavy atom. The Morgan fingerprint density at radius 2 is 1.40 bits per heavy atom.